The van der Waals surface area contributed by atoms with Crippen molar-refractivity contribution < 1.29 is 28.9 Å². The van der Waals surface area contributed by atoms with E-state index in [0.29, 0.717) is 17.1 Å². The largest absolute Gasteiger partial charge is 0.507 e. The fourth-order valence-corrected chi connectivity index (χ4v) is 4.29. The van der Waals surface area contributed by atoms with E-state index in [4.69, 9.17) is 14.2 Å². The molecule has 1 fully saturated rings. The quantitative estimate of drug-likeness (QED) is 0.297. The average molecular weight is 465 g/mol. The molecule has 0 spiro atoms. The lowest BCUT2D eigenvalue weighted by molar-refractivity contribution is -0.140. The van der Waals surface area contributed by atoms with E-state index in [9.17, 15) is 14.7 Å². The van der Waals surface area contributed by atoms with Crippen molar-refractivity contribution in [2.45, 2.75) is 26.0 Å². The molecule has 8 nitrogen and oxygen atoms in total. The molecule has 0 aliphatic carbocycles. The number of hydrogen-bond donors (Lipinski definition) is 2. The molecule has 178 valence electrons. The summed E-state index contributed by atoms with van der Waals surface area (Å²) in [5.74, 6) is -0.944. The summed E-state index contributed by atoms with van der Waals surface area (Å²) in [6.07, 6.45) is 1.75. The number of nitrogens with one attached hydrogen (secondary N) is 1. The van der Waals surface area contributed by atoms with Crippen LogP contribution in [0.5, 0.6) is 11.5 Å². The fourth-order valence-electron chi connectivity index (χ4n) is 4.29. The lowest BCUT2D eigenvalue weighted by Gasteiger charge is -2.25. The Balaban J connectivity index is 1.91. The number of para-hydroxylation sites is 1. The van der Waals surface area contributed by atoms with E-state index in [1.54, 1.807) is 24.4 Å². The van der Waals surface area contributed by atoms with Crippen LogP contribution in [0.2, 0.25) is 0 Å². The summed E-state index contributed by atoms with van der Waals surface area (Å²) in [7, 11) is 2.98. The van der Waals surface area contributed by atoms with Crippen LogP contribution < -0.4 is 9.47 Å². The summed E-state index contributed by atoms with van der Waals surface area (Å²) < 4.78 is 16.4. The Hall–Kier alpha value is -3.78. The van der Waals surface area contributed by atoms with Crippen molar-refractivity contribution >= 4 is 28.4 Å². The van der Waals surface area contributed by atoms with E-state index in [1.807, 2.05) is 38.1 Å². The highest BCUT2D eigenvalue weighted by Gasteiger charge is 2.47. The third-order valence-electron chi connectivity index (χ3n) is 5.90. The predicted octanol–water partition coefficient (Wildman–Crippen LogP) is 4.03. The maximum atomic E-state index is 13.3. The number of hydrogen-bond acceptors (Lipinski definition) is 6. The molecule has 1 amide bonds. The molecule has 0 saturated carbocycles. The topological polar surface area (TPSA) is 101 Å². The summed E-state index contributed by atoms with van der Waals surface area (Å²) in [6.45, 7) is 4.26. The zero-order chi connectivity index (χ0) is 24.4. The van der Waals surface area contributed by atoms with Crippen LogP contribution in [0.4, 0.5) is 0 Å². The second kappa shape index (κ2) is 9.61. The smallest absolute Gasteiger partial charge is 0.295 e. The van der Waals surface area contributed by atoms with Gasteiger partial charge in [0.15, 0.2) is 0 Å². The third-order valence-corrected chi connectivity index (χ3v) is 5.90. The van der Waals surface area contributed by atoms with Crippen molar-refractivity contribution in [3.8, 4) is 11.5 Å². The van der Waals surface area contributed by atoms with Crippen LogP contribution in [-0.2, 0) is 14.3 Å². The minimum absolute atomic E-state index is 0.00847. The Morgan fingerprint density at radius 1 is 1.12 bits per heavy atom. The molecule has 0 bridgehead atoms. The maximum absolute atomic E-state index is 13.3. The maximum Gasteiger partial charge on any atom is 0.295 e. The van der Waals surface area contributed by atoms with Gasteiger partial charge in [-0.3, -0.25) is 9.59 Å². The highest BCUT2D eigenvalue weighted by atomic mass is 16.5. The van der Waals surface area contributed by atoms with Crippen molar-refractivity contribution in [3.63, 3.8) is 0 Å². The van der Waals surface area contributed by atoms with E-state index < -0.39 is 17.7 Å². The lowest BCUT2D eigenvalue weighted by atomic mass is 9.94. The Morgan fingerprint density at radius 3 is 2.59 bits per heavy atom. The number of fused-ring (bicyclic) bond motifs is 1. The Morgan fingerprint density at radius 2 is 1.88 bits per heavy atom. The molecule has 1 unspecified atom stereocenters. The number of aromatic nitrogens is 1. The molecule has 2 N–H and O–H groups in total. The molecule has 3 aromatic rings. The van der Waals surface area contributed by atoms with E-state index in [1.165, 1.54) is 19.1 Å². The molecule has 4 rings (SSSR count). The minimum atomic E-state index is -0.803. The molecule has 8 heteroatoms. The van der Waals surface area contributed by atoms with Gasteiger partial charge in [-0.25, -0.2) is 0 Å². The van der Waals surface area contributed by atoms with Crippen LogP contribution in [0.25, 0.3) is 16.7 Å². The molecule has 1 saturated heterocycles. The number of carbonyl (C=O) groups excluding carboxylic acids is 2. The van der Waals surface area contributed by atoms with Gasteiger partial charge in [-0.15, -0.1) is 0 Å². The normalized spacial score (nSPS) is 17.7. The second-order valence-corrected chi connectivity index (χ2v) is 8.27. The predicted molar refractivity (Wildman–Crippen MR) is 128 cm³/mol. The fraction of sp³-hybridized carbons (Fsp3) is 0.308. The number of ketones is 1. The Bertz CT molecular complexity index is 1260. The first-order valence-corrected chi connectivity index (χ1v) is 11.1. The number of nitrogens with zero attached hydrogens (tertiary/aromatic N) is 1. The molecule has 1 aliphatic heterocycles. The summed E-state index contributed by atoms with van der Waals surface area (Å²) in [4.78, 5) is 31.1. The number of aliphatic hydroxyl groups excluding tert-OH is 1. The first-order chi connectivity index (χ1) is 16.4. The SMILES string of the molecule is COc1ccc(OC)c(/C(O)=C2\C(=O)C(=O)N(CCOC(C)C)C2c2c[nH]c3ccccc23)c1. The number of Topliss-reactive ketones (excluding diaryl/α,β-unsaturated/α-hetero) is 1. The van der Waals surface area contributed by atoms with E-state index in [2.05, 4.69) is 4.98 Å². The van der Waals surface area contributed by atoms with Crippen LogP contribution in [-0.4, -0.2) is 60.2 Å². The van der Waals surface area contributed by atoms with Gasteiger partial charge >= 0.3 is 0 Å². The summed E-state index contributed by atoms with van der Waals surface area (Å²) >= 11 is 0. The Kier molecular flexibility index (Phi) is 6.61. The lowest BCUT2D eigenvalue weighted by Crippen LogP contribution is -2.33. The molecule has 34 heavy (non-hydrogen) atoms. The van der Waals surface area contributed by atoms with Gasteiger partial charge in [-0.2, -0.15) is 0 Å². The molecule has 1 aromatic heterocycles. The molecule has 2 aromatic carbocycles. The van der Waals surface area contributed by atoms with E-state index in [-0.39, 0.29) is 36.2 Å². The number of H-pyrrole nitrogens is 1. The number of rotatable bonds is 8. The third kappa shape index (κ3) is 4.12. The van der Waals surface area contributed by atoms with Gasteiger partial charge in [0.2, 0.25) is 0 Å². The van der Waals surface area contributed by atoms with Gasteiger partial charge in [-0.1, -0.05) is 18.2 Å². The highest BCUT2D eigenvalue weighted by Crippen LogP contribution is 2.43. The number of aliphatic hydroxyl groups is 1. The van der Waals surface area contributed by atoms with E-state index in [0.717, 1.165) is 10.9 Å². The number of aromatic amines is 1. The Labute approximate surface area is 197 Å². The number of ether oxygens (including phenoxy) is 3. The number of benzene rings is 2. The summed E-state index contributed by atoms with van der Waals surface area (Å²) in [5.41, 5.74) is 1.83. The molecular weight excluding hydrogens is 436 g/mol. The van der Waals surface area contributed by atoms with Gasteiger partial charge in [0.25, 0.3) is 11.7 Å². The van der Waals surface area contributed by atoms with Crippen LogP contribution in [0.3, 0.4) is 0 Å². The minimum Gasteiger partial charge on any atom is -0.507 e. The second-order valence-electron chi connectivity index (χ2n) is 8.27. The van der Waals surface area contributed by atoms with Crippen molar-refractivity contribution in [2.24, 2.45) is 0 Å². The number of carbonyl (C=O) groups is 2. The van der Waals surface area contributed by atoms with Gasteiger partial charge in [0, 0.05) is 29.2 Å². The molecule has 2 heterocycles. The average Bonchev–Trinajstić information content (AvgIpc) is 3.37. The van der Waals surface area contributed by atoms with Crippen LogP contribution in [0, 0.1) is 0 Å². The van der Waals surface area contributed by atoms with Gasteiger partial charge in [-0.05, 0) is 38.1 Å². The monoisotopic (exact) mass is 464 g/mol. The molecular formula is C26H28N2O6. The highest BCUT2D eigenvalue weighted by molar-refractivity contribution is 6.46. The summed E-state index contributed by atoms with van der Waals surface area (Å²) in [5, 5.41) is 12.3. The van der Waals surface area contributed by atoms with Crippen LogP contribution >= 0.6 is 0 Å². The summed E-state index contributed by atoms with van der Waals surface area (Å²) in [6, 6.07) is 11.7. The molecule has 1 aliphatic rings. The van der Waals surface area contributed by atoms with Crippen LogP contribution in [0.1, 0.15) is 31.0 Å². The van der Waals surface area contributed by atoms with Crippen molar-refractivity contribution in [2.75, 3.05) is 27.4 Å². The number of amides is 1. The van der Waals surface area contributed by atoms with Crippen molar-refractivity contribution in [1.82, 2.24) is 9.88 Å². The zero-order valence-electron chi connectivity index (χ0n) is 19.6. The standard InChI is InChI=1S/C26H28N2O6/c1-15(2)34-12-11-28-23(19-14-27-20-8-6-5-7-17(19)20)22(25(30)26(28)31)24(29)18-13-16(32-3)9-10-21(18)33-4/h5-10,13-15,23,27,29H,11-12H2,1-4H3/b24-22+. The van der Waals surface area contributed by atoms with Gasteiger partial charge in [0.1, 0.15) is 17.3 Å². The molecule has 0 radical (unpaired) electrons. The van der Waals surface area contributed by atoms with Gasteiger partial charge in [0.05, 0.1) is 44.1 Å². The number of likely N-dealkylation sites (tertiary alicyclic amines) is 1. The van der Waals surface area contributed by atoms with Crippen molar-refractivity contribution in [1.29, 1.82) is 0 Å². The molecule has 1 atom stereocenters. The first-order valence-electron chi connectivity index (χ1n) is 11.1. The van der Waals surface area contributed by atoms with Gasteiger partial charge < -0.3 is 29.2 Å². The number of methoxy groups -OCH3 is 2. The first kappa shape index (κ1) is 23.4. The van der Waals surface area contributed by atoms with Crippen LogP contribution in [0.15, 0.2) is 54.2 Å². The van der Waals surface area contributed by atoms with Crippen molar-refractivity contribution in [3.05, 3.63) is 65.4 Å². The van der Waals surface area contributed by atoms with E-state index >= 15 is 0 Å². The zero-order valence-corrected chi connectivity index (χ0v) is 19.6.